The molecule has 2 aliphatic heterocycles. The van der Waals surface area contributed by atoms with Crippen LogP contribution >= 0.6 is 0 Å². The van der Waals surface area contributed by atoms with Crippen LogP contribution in [-0.2, 0) is 29.9 Å². The highest BCUT2D eigenvalue weighted by atomic mass is 32.2. The third kappa shape index (κ3) is 3.33. The van der Waals surface area contributed by atoms with Gasteiger partial charge in [0, 0.05) is 23.6 Å². The van der Waals surface area contributed by atoms with Crippen molar-refractivity contribution in [2.75, 3.05) is 18.1 Å². The number of carbonyl (C=O) groups is 1. The van der Waals surface area contributed by atoms with Gasteiger partial charge in [0.2, 0.25) is 9.84 Å². The molecule has 0 atom stereocenters. The van der Waals surface area contributed by atoms with Gasteiger partial charge in [0.15, 0.2) is 0 Å². The van der Waals surface area contributed by atoms with E-state index in [2.05, 4.69) is 4.98 Å². The van der Waals surface area contributed by atoms with E-state index in [4.69, 9.17) is 9.47 Å². The van der Waals surface area contributed by atoms with Crippen LogP contribution in [0.4, 0.5) is 11.4 Å². The highest BCUT2D eigenvalue weighted by molar-refractivity contribution is 7.91. The fourth-order valence-corrected chi connectivity index (χ4v) is 4.96. The highest BCUT2D eigenvalue weighted by Gasteiger charge is 2.56. The molecule has 0 aliphatic carbocycles. The molecule has 0 unspecified atom stereocenters. The van der Waals surface area contributed by atoms with Crippen molar-refractivity contribution in [3.63, 3.8) is 0 Å². The van der Waals surface area contributed by atoms with Gasteiger partial charge in [-0.15, -0.1) is 0 Å². The van der Waals surface area contributed by atoms with Crippen LogP contribution in [-0.4, -0.2) is 32.5 Å². The molecule has 1 spiro atoms. The summed E-state index contributed by atoms with van der Waals surface area (Å²) in [5.41, 5.74) is 1.58. The number of nitrogens with zero attached hydrogens (tertiary/aromatic N) is 2. The standard InChI is InChI=1S/C21H16N2O5S.C2H6/c24-20-21(27-12-13-28-21)18-14-17(29(25,26)16-8-10-22-11-9-16)6-7-19(18)23(20)15-4-2-1-3-5-15;1-2/h1-11,14H,12-13H2;1-2H3. The van der Waals surface area contributed by atoms with Crippen molar-refractivity contribution < 1.29 is 22.7 Å². The number of carbonyl (C=O) groups excluding carboxylic acids is 1. The highest BCUT2D eigenvalue weighted by Crippen LogP contribution is 2.49. The number of hydrogen-bond acceptors (Lipinski definition) is 6. The van der Waals surface area contributed by atoms with E-state index < -0.39 is 21.5 Å². The Bertz CT molecular complexity index is 1190. The number of amides is 1. The summed E-state index contributed by atoms with van der Waals surface area (Å²) in [5, 5.41) is 0. The molecular weight excluding hydrogens is 416 g/mol. The van der Waals surface area contributed by atoms with E-state index in [9.17, 15) is 13.2 Å². The van der Waals surface area contributed by atoms with Gasteiger partial charge in [-0.2, -0.15) is 0 Å². The van der Waals surface area contributed by atoms with Crippen LogP contribution in [0.3, 0.4) is 0 Å². The van der Waals surface area contributed by atoms with Gasteiger partial charge in [-0.05, 0) is 42.5 Å². The Hall–Kier alpha value is -3.07. The smallest absolute Gasteiger partial charge is 0.297 e. The van der Waals surface area contributed by atoms with Crippen LogP contribution in [0.15, 0.2) is 82.8 Å². The third-order valence-electron chi connectivity index (χ3n) is 5.03. The molecule has 0 bridgehead atoms. The van der Waals surface area contributed by atoms with E-state index in [1.165, 1.54) is 41.6 Å². The first-order chi connectivity index (χ1) is 15.0. The minimum Gasteiger partial charge on any atom is -0.336 e. The maximum absolute atomic E-state index is 13.3. The molecule has 3 aromatic rings. The number of ether oxygens (including phenoxy) is 2. The molecule has 2 aromatic carbocycles. The summed E-state index contributed by atoms with van der Waals surface area (Å²) in [6, 6.07) is 16.6. The number of fused-ring (bicyclic) bond motifs is 2. The molecule has 1 fully saturated rings. The summed E-state index contributed by atoms with van der Waals surface area (Å²) < 4.78 is 37.6. The lowest BCUT2D eigenvalue weighted by atomic mass is 10.1. The SMILES string of the molecule is CC.O=C1N(c2ccccc2)c2ccc(S(=O)(=O)c3ccncc3)cc2C12OCCO2. The van der Waals surface area contributed by atoms with E-state index in [0.717, 1.165) is 0 Å². The quantitative estimate of drug-likeness (QED) is 0.618. The fraction of sp³-hybridized carbons (Fsp3) is 0.217. The van der Waals surface area contributed by atoms with Gasteiger partial charge in [0.05, 0.1) is 28.7 Å². The van der Waals surface area contributed by atoms with Crippen LogP contribution in [0.5, 0.6) is 0 Å². The fourth-order valence-electron chi connectivity index (χ4n) is 3.69. The zero-order valence-electron chi connectivity index (χ0n) is 17.2. The first-order valence-electron chi connectivity index (χ1n) is 10.0. The number of anilines is 2. The molecule has 2 aliphatic rings. The molecule has 31 heavy (non-hydrogen) atoms. The Labute approximate surface area is 181 Å². The average Bonchev–Trinajstić information content (AvgIpc) is 3.41. The number of benzene rings is 2. The zero-order valence-corrected chi connectivity index (χ0v) is 18.0. The molecule has 8 heteroatoms. The van der Waals surface area contributed by atoms with Crippen molar-refractivity contribution >= 4 is 27.1 Å². The van der Waals surface area contributed by atoms with Crippen LogP contribution in [0.25, 0.3) is 0 Å². The average molecular weight is 439 g/mol. The van der Waals surface area contributed by atoms with Gasteiger partial charge in [-0.3, -0.25) is 14.7 Å². The number of sulfone groups is 1. The molecule has 0 N–H and O–H groups in total. The summed E-state index contributed by atoms with van der Waals surface area (Å²) in [6.45, 7) is 4.49. The maximum atomic E-state index is 13.3. The van der Waals surface area contributed by atoms with Gasteiger partial charge in [-0.25, -0.2) is 8.42 Å². The van der Waals surface area contributed by atoms with Crippen molar-refractivity contribution in [3.05, 3.63) is 78.6 Å². The summed E-state index contributed by atoms with van der Waals surface area (Å²) in [6.07, 6.45) is 2.84. The number of aromatic nitrogens is 1. The lowest BCUT2D eigenvalue weighted by Crippen LogP contribution is -2.39. The number of para-hydroxylation sites is 1. The van der Waals surface area contributed by atoms with Gasteiger partial charge < -0.3 is 9.47 Å². The van der Waals surface area contributed by atoms with Crippen LogP contribution in [0.1, 0.15) is 19.4 Å². The lowest BCUT2D eigenvalue weighted by Gasteiger charge is -2.22. The van der Waals surface area contributed by atoms with E-state index in [1.54, 1.807) is 18.2 Å². The molecular formula is C23H22N2O5S. The van der Waals surface area contributed by atoms with Crippen LogP contribution in [0, 0.1) is 0 Å². The van der Waals surface area contributed by atoms with Crippen molar-refractivity contribution in [2.45, 2.75) is 29.4 Å². The molecule has 5 rings (SSSR count). The minimum atomic E-state index is -3.79. The third-order valence-corrected chi connectivity index (χ3v) is 6.79. The Morgan fingerprint density at radius 1 is 0.903 bits per heavy atom. The van der Waals surface area contributed by atoms with Gasteiger partial charge in [-0.1, -0.05) is 32.0 Å². The predicted molar refractivity (Wildman–Crippen MR) is 115 cm³/mol. The van der Waals surface area contributed by atoms with Crippen molar-refractivity contribution in [1.29, 1.82) is 0 Å². The Balaban J connectivity index is 0.00000112. The summed E-state index contributed by atoms with van der Waals surface area (Å²) in [7, 11) is -3.79. The number of pyridine rings is 1. The molecule has 160 valence electrons. The maximum Gasteiger partial charge on any atom is 0.297 e. The van der Waals surface area contributed by atoms with Crippen LogP contribution in [0.2, 0.25) is 0 Å². The molecule has 0 radical (unpaired) electrons. The first kappa shape index (κ1) is 21.2. The first-order valence-corrected chi connectivity index (χ1v) is 11.5. The normalized spacial score (nSPS) is 16.7. The molecule has 1 amide bonds. The van der Waals surface area contributed by atoms with E-state index >= 15 is 0 Å². The van der Waals surface area contributed by atoms with Crippen molar-refractivity contribution in [3.8, 4) is 0 Å². The summed E-state index contributed by atoms with van der Waals surface area (Å²) in [5.74, 6) is -2.02. The number of hydrogen-bond donors (Lipinski definition) is 0. The lowest BCUT2D eigenvalue weighted by molar-refractivity contribution is -0.180. The van der Waals surface area contributed by atoms with Gasteiger partial charge >= 0.3 is 0 Å². The monoisotopic (exact) mass is 438 g/mol. The van der Waals surface area contributed by atoms with E-state index in [0.29, 0.717) is 16.9 Å². The largest absolute Gasteiger partial charge is 0.336 e. The zero-order chi connectivity index (χ0) is 22.1. The summed E-state index contributed by atoms with van der Waals surface area (Å²) in [4.78, 5) is 18.9. The van der Waals surface area contributed by atoms with Crippen LogP contribution < -0.4 is 4.90 Å². The van der Waals surface area contributed by atoms with Gasteiger partial charge in [0.25, 0.3) is 11.7 Å². The van der Waals surface area contributed by atoms with Gasteiger partial charge in [0.1, 0.15) is 0 Å². The Morgan fingerprint density at radius 2 is 1.55 bits per heavy atom. The second-order valence-corrected chi connectivity index (χ2v) is 8.60. The Morgan fingerprint density at radius 3 is 2.19 bits per heavy atom. The minimum absolute atomic E-state index is 0.0589. The van der Waals surface area contributed by atoms with E-state index in [1.807, 2.05) is 32.0 Å². The molecule has 3 heterocycles. The molecule has 0 saturated carbocycles. The van der Waals surface area contributed by atoms with E-state index in [-0.39, 0.29) is 23.0 Å². The molecule has 1 saturated heterocycles. The molecule has 1 aromatic heterocycles. The predicted octanol–water partition coefficient (Wildman–Crippen LogP) is 3.82. The van der Waals surface area contributed by atoms with Crippen molar-refractivity contribution in [2.24, 2.45) is 0 Å². The summed E-state index contributed by atoms with van der Waals surface area (Å²) >= 11 is 0. The second-order valence-electron chi connectivity index (χ2n) is 6.65. The second kappa shape index (κ2) is 8.22. The number of rotatable bonds is 3. The molecule has 7 nitrogen and oxygen atoms in total. The Kier molecular flexibility index (Phi) is 5.62. The topological polar surface area (TPSA) is 85.8 Å². The van der Waals surface area contributed by atoms with Crippen molar-refractivity contribution in [1.82, 2.24) is 4.98 Å².